The first kappa shape index (κ1) is 30.9. The molecule has 1 aliphatic carbocycles. The Kier molecular flexibility index (Phi) is 10.1. The van der Waals surface area contributed by atoms with Crippen molar-refractivity contribution in [2.45, 2.75) is 25.4 Å². The lowest BCUT2D eigenvalue weighted by molar-refractivity contribution is 0.0701. The predicted molar refractivity (Wildman–Crippen MR) is 166 cm³/mol. The number of amides is 2. The number of fused-ring (bicyclic) bond motifs is 1. The first-order valence-corrected chi connectivity index (χ1v) is 14.6. The van der Waals surface area contributed by atoms with Crippen molar-refractivity contribution in [1.82, 2.24) is 16.0 Å². The Labute approximate surface area is 256 Å². The summed E-state index contributed by atoms with van der Waals surface area (Å²) in [5, 5.41) is 18.2. The zero-order valence-electron chi connectivity index (χ0n) is 24.9. The van der Waals surface area contributed by atoms with E-state index in [9.17, 15) is 14.4 Å². The summed E-state index contributed by atoms with van der Waals surface area (Å²) < 4.78 is 16.5. The van der Waals surface area contributed by atoms with E-state index in [0.29, 0.717) is 52.4 Å². The molecule has 0 unspecified atom stereocenters. The molecule has 0 aromatic heterocycles. The molecule has 1 aliphatic heterocycles. The third-order valence-electron chi connectivity index (χ3n) is 7.84. The number of carbonyl (C=O) groups is 3. The maximum atomic E-state index is 13.6. The lowest BCUT2D eigenvalue weighted by Crippen LogP contribution is -2.51. The molecule has 1 fully saturated rings. The third-order valence-corrected chi connectivity index (χ3v) is 7.84. The first-order valence-electron chi connectivity index (χ1n) is 14.6. The number of rotatable bonds is 13. The van der Waals surface area contributed by atoms with Crippen LogP contribution in [0.25, 0.3) is 6.08 Å². The van der Waals surface area contributed by atoms with Crippen LogP contribution in [-0.4, -0.2) is 81.4 Å². The van der Waals surface area contributed by atoms with Crippen LogP contribution in [0.3, 0.4) is 0 Å². The van der Waals surface area contributed by atoms with Crippen molar-refractivity contribution in [3.05, 3.63) is 99.6 Å². The van der Waals surface area contributed by atoms with E-state index < -0.39 is 0 Å². The number of benzene rings is 3. The largest absolute Gasteiger partial charge is 0.496 e. The van der Waals surface area contributed by atoms with Gasteiger partial charge in [0.25, 0.3) is 11.8 Å². The van der Waals surface area contributed by atoms with Crippen LogP contribution in [0.2, 0.25) is 0 Å². The SMILES string of the molecule is COc1ccc(OCCOCCO)c(C(=O)c2ccc(C(=O)N[C@@H]3CNC[C@@H]3NC(=O)c3ccc4c(c3)CC=C4)cc2)c1C. The molecule has 2 atom stereocenters. The van der Waals surface area contributed by atoms with Gasteiger partial charge in [-0.1, -0.05) is 30.4 Å². The fourth-order valence-electron chi connectivity index (χ4n) is 5.47. The molecule has 44 heavy (non-hydrogen) atoms. The number of aliphatic hydroxyl groups excluding tert-OH is 1. The summed E-state index contributed by atoms with van der Waals surface area (Å²) in [6.45, 7) is 3.43. The highest BCUT2D eigenvalue weighted by molar-refractivity contribution is 6.12. The summed E-state index contributed by atoms with van der Waals surface area (Å²) in [7, 11) is 1.54. The zero-order chi connectivity index (χ0) is 31.1. The zero-order valence-corrected chi connectivity index (χ0v) is 24.9. The van der Waals surface area contributed by atoms with E-state index in [4.69, 9.17) is 19.3 Å². The third kappa shape index (κ3) is 6.99. The number of ether oxygens (including phenoxy) is 3. The van der Waals surface area contributed by atoms with Crippen molar-refractivity contribution in [1.29, 1.82) is 0 Å². The maximum Gasteiger partial charge on any atom is 0.251 e. The molecule has 1 saturated heterocycles. The first-order chi connectivity index (χ1) is 21.4. The lowest BCUT2D eigenvalue weighted by Gasteiger charge is -2.21. The summed E-state index contributed by atoms with van der Waals surface area (Å²) in [6.07, 6.45) is 4.95. The highest BCUT2D eigenvalue weighted by atomic mass is 16.5. The molecule has 3 aromatic carbocycles. The Morgan fingerprint density at radius 1 is 0.864 bits per heavy atom. The summed E-state index contributed by atoms with van der Waals surface area (Å²) in [5.74, 6) is 0.188. The van der Waals surface area contributed by atoms with Crippen LogP contribution in [0.5, 0.6) is 11.5 Å². The molecule has 3 aromatic rings. The number of allylic oxidation sites excluding steroid dienone is 1. The highest BCUT2D eigenvalue weighted by Gasteiger charge is 2.30. The van der Waals surface area contributed by atoms with Crippen LogP contribution in [0.1, 0.15) is 53.3 Å². The van der Waals surface area contributed by atoms with E-state index in [1.54, 1.807) is 43.3 Å². The van der Waals surface area contributed by atoms with Crippen molar-refractivity contribution in [2.24, 2.45) is 0 Å². The Bertz CT molecular complexity index is 1550. The fraction of sp³-hybridized carbons (Fsp3) is 0.324. The van der Waals surface area contributed by atoms with Crippen molar-refractivity contribution in [3.63, 3.8) is 0 Å². The van der Waals surface area contributed by atoms with Gasteiger partial charge in [0.2, 0.25) is 0 Å². The topological polar surface area (TPSA) is 135 Å². The minimum absolute atomic E-state index is 0.0814. The van der Waals surface area contributed by atoms with Crippen molar-refractivity contribution < 1.29 is 33.7 Å². The van der Waals surface area contributed by atoms with E-state index in [0.717, 1.165) is 17.5 Å². The standard InChI is InChI=1S/C34H37N3O7/c1-21-29(42-2)12-13-30(44-17-16-43-15-14-38)31(21)32(39)23-7-9-24(10-8-23)33(40)36-27-19-35-20-28(27)37-34(41)26-11-6-22-4-3-5-25(22)18-26/h3-4,6-13,18,27-28,35,38H,5,14-17,19-20H2,1-2H3,(H,36,40)(H,37,41)/t27-,28+/m1/s1. The molecule has 0 saturated carbocycles. The molecular formula is C34H37N3O7. The van der Waals surface area contributed by atoms with Gasteiger partial charge in [0.15, 0.2) is 5.78 Å². The molecule has 2 aliphatic rings. The van der Waals surface area contributed by atoms with Gasteiger partial charge in [-0.05, 0) is 60.9 Å². The Morgan fingerprint density at radius 2 is 1.52 bits per heavy atom. The quantitative estimate of drug-likeness (QED) is 0.174. The molecule has 0 radical (unpaired) electrons. The molecule has 0 spiro atoms. The van der Waals surface area contributed by atoms with E-state index in [1.807, 2.05) is 18.2 Å². The predicted octanol–water partition coefficient (Wildman–Crippen LogP) is 2.69. The van der Waals surface area contributed by atoms with Crippen LogP contribution in [0.4, 0.5) is 0 Å². The van der Waals surface area contributed by atoms with Crippen LogP contribution in [-0.2, 0) is 11.2 Å². The smallest absolute Gasteiger partial charge is 0.251 e. The summed E-state index contributed by atoms with van der Waals surface area (Å²) in [6, 6.07) is 15.0. The number of hydrogen-bond donors (Lipinski definition) is 4. The second-order valence-corrected chi connectivity index (χ2v) is 10.7. The van der Waals surface area contributed by atoms with Gasteiger partial charge in [0.1, 0.15) is 18.1 Å². The average molecular weight is 600 g/mol. The fourth-order valence-corrected chi connectivity index (χ4v) is 5.47. The van der Waals surface area contributed by atoms with Gasteiger partial charge in [0, 0.05) is 35.3 Å². The number of aliphatic hydroxyl groups is 1. The van der Waals surface area contributed by atoms with Crippen LogP contribution < -0.4 is 25.4 Å². The van der Waals surface area contributed by atoms with Crippen molar-refractivity contribution in [2.75, 3.05) is 46.6 Å². The van der Waals surface area contributed by atoms with E-state index in [1.165, 1.54) is 7.11 Å². The van der Waals surface area contributed by atoms with E-state index in [-0.39, 0.29) is 56.1 Å². The van der Waals surface area contributed by atoms with Crippen molar-refractivity contribution in [3.8, 4) is 11.5 Å². The van der Waals surface area contributed by atoms with Gasteiger partial charge < -0.3 is 35.3 Å². The lowest BCUT2D eigenvalue weighted by atomic mass is 9.96. The molecule has 10 nitrogen and oxygen atoms in total. The molecule has 5 rings (SSSR count). The number of hydrogen-bond acceptors (Lipinski definition) is 8. The Balaban J connectivity index is 1.23. The minimum atomic E-state index is -0.302. The van der Waals surface area contributed by atoms with E-state index in [2.05, 4.69) is 28.1 Å². The number of methoxy groups -OCH3 is 1. The minimum Gasteiger partial charge on any atom is -0.496 e. The van der Waals surface area contributed by atoms with Gasteiger partial charge in [-0.15, -0.1) is 0 Å². The average Bonchev–Trinajstić information content (AvgIpc) is 3.69. The van der Waals surface area contributed by atoms with Crippen LogP contribution in [0.15, 0.2) is 60.7 Å². The monoisotopic (exact) mass is 599 g/mol. The molecule has 10 heteroatoms. The van der Waals surface area contributed by atoms with Crippen LogP contribution >= 0.6 is 0 Å². The van der Waals surface area contributed by atoms with Crippen LogP contribution in [0, 0.1) is 6.92 Å². The normalized spacial score (nSPS) is 16.8. The summed E-state index contributed by atoms with van der Waals surface area (Å²) in [5.41, 5.74) is 4.63. The maximum absolute atomic E-state index is 13.6. The Morgan fingerprint density at radius 3 is 2.23 bits per heavy atom. The van der Waals surface area contributed by atoms with Gasteiger partial charge >= 0.3 is 0 Å². The summed E-state index contributed by atoms with van der Waals surface area (Å²) >= 11 is 0. The molecule has 4 N–H and O–H groups in total. The molecule has 230 valence electrons. The van der Waals surface area contributed by atoms with Gasteiger partial charge in [-0.3, -0.25) is 14.4 Å². The van der Waals surface area contributed by atoms with Gasteiger partial charge in [-0.2, -0.15) is 0 Å². The Hall–Kier alpha value is -4.51. The number of ketones is 1. The summed E-state index contributed by atoms with van der Waals surface area (Å²) in [4.78, 5) is 39.8. The molecular weight excluding hydrogens is 562 g/mol. The van der Waals surface area contributed by atoms with E-state index >= 15 is 0 Å². The van der Waals surface area contributed by atoms with Gasteiger partial charge in [0.05, 0.1) is 44.6 Å². The van der Waals surface area contributed by atoms with Gasteiger partial charge in [-0.25, -0.2) is 0 Å². The molecule has 1 heterocycles. The van der Waals surface area contributed by atoms with Crippen molar-refractivity contribution >= 4 is 23.7 Å². The molecule has 0 bridgehead atoms. The number of nitrogens with one attached hydrogen (secondary N) is 3. The highest BCUT2D eigenvalue weighted by Crippen LogP contribution is 2.32. The second kappa shape index (κ2) is 14.3. The molecule has 2 amide bonds. The second-order valence-electron chi connectivity index (χ2n) is 10.7. The number of carbonyl (C=O) groups excluding carboxylic acids is 3.